The van der Waals surface area contributed by atoms with Gasteiger partial charge in [0.1, 0.15) is 5.82 Å². The molecule has 0 aliphatic carbocycles. The van der Waals surface area contributed by atoms with Gasteiger partial charge in [-0.25, -0.2) is 4.39 Å². The number of halogens is 4. The Kier molecular flexibility index (Phi) is 3.62. The minimum Gasteiger partial charge on any atom is -0.311 e. The summed E-state index contributed by atoms with van der Waals surface area (Å²) in [6.07, 6.45) is -3.92. The number of nitrogens with one attached hydrogen (secondary N) is 1. The molecule has 0 unspecified atom stereocenters. The number of alkyl halides is 3. The highest BCUT2D eigenvalue weighted by atomic mass is 19.4. The number of hydrogen-bond donors (Lipinski definition) is 1. The first-order valence-corrected chi connectivity index (χ1v) is 4.37. The van der Waals surface area contributed by atoms with E-state index in [0.717, 1.165) is 0 Å². The van der Waals surface area contributed by atoms with Gasteiger partial charge in [-0.3, -0.25) is 4.98 Å². The molecule has 0 spiro atoms. The summed E-state index contributed by atoms with van der Waals surface area (Å²) in [6.45, 7) is 2.53. The molecule has 1 aromatic heterocycles. The maximum atomic E-state index is 13.1. The van der Waals surface area contributed by atoms with E-state index < -0.39 is 17.6 Å². The standard InChI is InChI=1S/C9H10F4N2/c1-2-14-5-8-7(10)3-6(4-15-8)9(11,12)13/h3-4,14H,2,5H2,1H3. The third-order valence-corrected chi connectivity index (χ3v) is 1.79. The van der Waals surface area contributed by atoms with Crippen LogP contribution < -0.4 is 5.32 Å². The number of aromatic nitrogens is 1. The van der Waals surface area contributed by atoms with Gasteiger partial charge in [0.05, 0.1) is 11.3 Å². The van der Waals surface area contributed by atoms with Gasteiger partial charge in [0.25, 0.3) is 0 Å². The summed E-state index contributed by atoms with van der Waals surface area (Å²) in [4.78, 5) is 3.42. The lowest BCUT2D eigenvalue weighted by atomic mass is 10.2. The Labute approximate surface area is 84.3 Å². The zero-order chi connectivity index (χ0) is 11.5. The second kappa shape index (κ2) is 4.57. The van der Waals surface area contributed by atoms with Crippen LogP contribution in [-0.4, -0.2) is 11.5 Å². The molecule has 0 amide bonds. The first kappa shape index (κ1) is 11.9. The average molecular weight is 222 g/mol. The first-order chi connectivity index (χ1) is 6.95. The van der Waals surface area contributed by atoms with Crippen LogP contribution in [0.1, 0.15) is 18.2 Å². The van der Waals surface area contributed by atoms with Gasteiger partial charge in [-0.2, -0.15) is 13.2 Å². The van der Waals surface area contributed by atoms with Gasteiger partial charge in [-0.15, -0.1) is 0 Å². The number of rotatable bonds is 3. The molecule has 1 aromatic rings. The lowest BCUT2D eigenvalue weighted by Gasteiger charge is -2.08. The van der Waals surface area contributed by atoms with Gasteiger partial charge in [0.2, 0.25) is 0 Å². The third kappa shape index (κ3) is 3.16. The molecule has 0 fully saturated rings. The molecule has 2 nitrogen and oxygen atoms in total. The summed E-state index contributed by atoms with van der Waals surface area (Å²) in [5.74, 6) is -0.939. The predicted octanol–water partition coefficient (Wildman–Crippen LogP) is 2.35. The molecule has 0 aliphatic rings. The zero-order valence-electron chi connectivity index (χ0n) is 8.03. The predicted molar refractivity (Wildman–Crippen MR) is 46.6 cm³/mol. The van der Waals surface area contributed by atoms with Gasteiger partial charge in [0, 0.05) is 12.7 Å². The molecule has 15 heavy (non-hydrogen) atoms. The fraction of sp³-hybridized carbons (Fsp3) is 0.444. The summed E-state index contributed by atoms with van der Waals surface area (Å²) in [5, 5.41) is 2.78. The first-order valence-electron chi connectivity index (χ1n) is 4.37. The summed E-state index contributed by atoms with van der Waals surface area (Å²) in [7, 11) is 0. The van der Waals surface area contributed by atoms with E-state index in [1.165, 1.54) is 0 Å². The normalized spacial score (nSPS) is 11.8. The van der Waals surface area contributed by atoms with Gasteiger partial charge in [-0.1, -0.05) is 6.92 Å². The second-order valence-electron chi connectivity index (χ2n) is 2.93. The monoisotopic (exact) mass is 222 g/mol. The van der Waals surface area contributed by atoms with E-state index in [1.807, 2.05) is 6.92 Å². The molecule has 6 heteroatoms. The summed E-state index contributed by atoms with van der Waals surface area (Å²) < 4.78 is 49.5. The number of hydrogen-bond acceptors (Lipinski definition) is 2. The SMILES string of the molecule is CCNCc1ncc(C(F)(F)F)cc1F. The van der Waals surface area contributed by atoms with Gasteiger partial charge in [-0.05, 0) is 12.6 Å². The van der Waals surface area contributed by atoms with E-state index >= 15 is 0 Å². The summed E-state index contributed by atoms with van der Waals surface area (Å²) in [5.41, 5.74) is -1.08. The number of nitrogens with zero attached hydrogens (tertiary/aromatic N) is 1. The Morgan fingerprint density at radius 1 is 1.40 bits per heavy atom. The Morgan fingerprint density at radius 2 is 2.07 bits per heavy atom. The topological polar surface area (TPSA) is 24.9 Å². The van der Waals surface area contributed by atoms with E-state index in [9.17, 15) is 17.6 Å². The van der Waals surface area contributed by atoms with E-state index in [4.69, 9.17) is 0 Å². The van der Waals surface area contributed by atoms with Gasteiger partial charge < -0.3 is 5.32 Å². The molecule has 0 saturated carbocycles. The Balaban J connectivity index is 2.88. The van der Waals surface area contributed by atoms with E-state index in [0.29, 0.717) is 18.8 Å². The van der Waals surface area contributed by atoms with Crippen LogP contribution in [0.2, 0.25) is 0 Å². The maximum absolute atomic E-state index is 13.1. The van der Waals surface area contributed by atoms with Crippen LogP contribution in [0.5, 0.6) is 0 Å². The second-order valence-corrected chi connectivity index (χ2v) is 2.93. The van der Waals surface area contributed by atoms with Crippen molar-refractivity contribution in [1.29, 1.82) is 0 Å². The Hall–Kier alpha value is -1.17. The molecule has 0 saturated heterocycles. The zero-order valence-corrected chi connectivity index (χ0v) is 8.03. The van der Waals surface area contributed by atoms with Crippen LogP contribution in [0, 0.1) is 5.82 Å². The van der Waals surface area contributed by atoms with E-state index in [-0.39, 0.29) is 12.2 Å². The molecule has 1 N–H and O–H groups in total. The fourth-order valence-corrected chi connectivity index (χ4v) is 0.995. The van der Waals surface area contributed by atoms with Crippen LogP contribution in [0.3, 0.4) is 0 Å². The Morgan fingerprint density at radius 3 is 2.53 bits per heavy atom. The van der Waals surface area contributed by atoms with Crippen molar-refractivity contribution in [3.8, 4) is 0 Å². The summed E-state index contributed by atoms with van der Waals surface area (Å²) >= 11 is 0. The molecule has 84 valence electrons. The van der Waals surface area contributed by atoms with Crippen molar-refractivity contribution >= 4 is 0 Å². The quantitative estimate of drug-likeness (QED) is 0.794. The van der Waals surface area contributed by atoms with Crippen molar-refractivity contribution in [2.45, 2.75) is 19.6 Å². The summed E-state index contributed by atoms with van der Waals surface area (Å²) in [6, 6.07) is 0.458. The molecule has 0 atom stereocenters. The van der Waals surface area contributed by atoms with Crippen LogP contribution in [0.4, 0.5) is 17.6 Å². The van der Waals surface area contributed by atoms with Crippen molar-refractivity contribution in [3.05, 3.63) is 29.3 Å². The highest BCUT2D eigenvalue weighted by Crippen LogP contribution is 2.29. The molecule has 0 bridgehead atoms. The largest absolute Gasteiger partial charge is 0.417 e. The lowest BCUT2D eigenvalue weighted by molar-refractivity contribution is -0.138. The van der Waals surface area contributed by atoms with Crippen molar-refractivity contribution < 1.29 is 17.6 Å². The molecule has 1 rings (SSSR count). The lowest BCUT2D eigenvalue weighted by Crippen LogP contribution is -2.15. The highest BCUT2D eigenvalue weighted by molar-refractivity contribution is 5.18. The fourth-order valence-electron chi connectivity index (χ4n) is 0.995. The Bertz CT molecular complexity index is 335. The molecule has 0 radical (unpaired) electrons. The molecule has 0 aliphatic heterocycles. The van der Waals surface area contributed by atoms with Crippen molar-refractivity contribution in [2.24, 2.45) is 0 Å². The minimum absolute atomic E-state index is 0.00940. The van der Waals surface area contributed by atoms with Crippen LogP contribution in [0.15, 0.2) is 12.3 Å². The highest BCUT2D eigenvalue weighted by Gasteiger charge is 2.31. The maximum Gasteiger partial charge on any atom is 0.417 e. The van der Waals surface area contributed by atoms with Gasteiger partial charge >= 0.3 is 6.18 Å². The van der Waals surface area contributed by atoms with Crippen molar-refractivity contribution in [3.63, 3.8) is 0 Å². The van der Waals surface area contributed by atoms with Gasteiger partial charge in [0.15, 0.2) is 0 Å². The molecular formula is C9H10F4N2. The third-order valence-electron chi connectivity index (χ3n) is 1.79. The number of pyridine rings is 1. The van der Waals surface area contributed by atoms with Crippen molar-refractivity contribution in [2.75, 3.05) is 6.54 Å². The molecule has 1 heterocycles. The average Bonchev–Trinajstić information content (AvgIpc) is 2.14. The van der Waals surface area contributed by atoms with E-state index in [2.05, 4.69) is 10.3 Å². The van der Waals surface area contributed by atoms with E-state index in [1.54, 1.807) is 0 Å². The molecular weight excluding hydrogens is 212 g/mol. The van der Waals surface area contributed by atoms with Crippen LogP contribution >= 0.6 is 0 Å². The minimum atomic E-state index is -4.55. The van der Waals surface area contributed by atoms with Crippen molar-refractivity contribution in [1.82, 2.24) is 10.3 Å². The smallest absolute Gasteiger partial charge is 0.311 e. The van der Waals surface area contributed by atoms with Crippen LogP contribution in [0.25, 0.3) is 0 Å². The van der Waals surface area contributed by atoms with Crippen LogP contribution in [-0.2, 0) is 12.7 Å². The molecule has 0 aromatic carbocycles.